The maximum Gasteiger partial charge on any atom is 0.209 e. The summed E-state index contributed by atoms with van der Waals surface area (Å²) >= 11 is 0. The third kappa shape index (κ3) is 5.55. The number of ketones is 1. The molecule has 2 heteroatoms. The van der Waals surface area contributed by atoms with Crippen LogP contribution in [0.5, 0.6) is 0 Å². The molecule has 0 amide bonds. The molecule has 0 saturated heterocycles. The van der Waals surface area contributed by atoms with Crippen LogP contribution in [0.25, 0.3) is 0 Å². The third-order valence-electron chi connectivity index (χ3n) is 5.69. The van der Waals surface area contributed by atoms with Gasteiger partial charge in [-0.05, 0) is 61.0 Å². The van der Waals surface area contributed by atoms with Crippen molar-refractivity contribution in [1.82, 2.24) is 0 Å². The summed E-state index contributed by atoms with van der Waals surface area (Å²) in [5.74, 6) is 5.93. The van der Waals surface area contributed by atoms with Gasteiger partial charge in [-0.2, -0.15) is 0 Å². The lowest BCUT2D eigenvalue weighted by Crippen LogP contribution is -2.13. The molecule has 0 aliphatic heterocycles. The van der Waals surface area contributed by atoms with Gasteiger partial charge in [0.25, 0.3) is 0 Å². The van der Waals surface area contributed by atoms with Crippen LogP contribution in [0.1, 0.15) is 43.2 Å². The molecule has 1 fully saturated rings. The highest BCUT2D eigenvalue weighted by Gasteiger charge is 2.56. The van der Waals surface area contributed by atoms with Crippen LogP contribution in [0.15, 0.2) is 60.7 Å². The second-order valence-corrected chi connectivity index (χ2v) is 7.58. The number of unbranched alkanes of at least 4 members (excludes halogenated alkanes) is 1. The molecule has 1 atom stereocenters. The van der Waals surface area contributed by atoms with Crippen molar-refractivity contribution in [2.75, 3.05) is 6.61 Å². The van der Waals surface area contributed by atoms with E-state index in [1.807, 2.05) is 12.1 Å². The summed E-state index contributed by atoms with van der Waals surface area (Å²) in [5.41, 5.74) is 2.77. The largest absolute Gasteiger partial charge is 0.396 e. The summed E-state index contributed by atoms with van der Waals surface area (Å²) in [7, 11) is 0. The lowest BCUT2D eigenvalue weighted by molar-refractivity contribution is -0.115. The molecule has 0 radical (unpaired) electrons. The maximum absolute atomic E-state index is 12.6. The Morgan fingerprint density at radius 2 is 1.52 bits per heavy atom. The highest BCUT2D eigenvalue weighted by Crippen LogP contribution is 2.59. The topological polar surface area (TPSA) is 37.3 Å². The zero-order valence-electron chi connectivity index (χ0n) is 15.9. The van der Waals surface area contributed by atoms with Crippen LogP contribution < -0.4 is 0 Å². The van der Waals surface area contributed by atoms with Gasteiger partial charge >= 0.3 is 0 Å². The molecule has 27 heavy (non-hydrogen) atoms. The fraction of sp³-hybridized carbons (Fsp3) is 0.400. The number of Topliss-reactive ketones (excluding diaryl/α,β-unsaturated/α-hetero) is 1. The quantitative estimate of drug-likeness (QED) is 0.403. The van der Waals surface area contributed by atoms with Crippen LogP contribution in [-0.2, 0) is 17.6 Å². The molecule has 1 aliphatic rings. The van der Waals surface area contributed by atoms with Gasteiger partial charge in [0.2, 0.25) is 5.78 Å². The number of hydrogen-bond donors (Lipinski definition) is 1. The summed E-state index contributed by atoms with van der Waals surface area (Å²) < 4.78 is 0. The molecule has 0 spiro atoms. The van der Waals surface area contributed by atoms with Gasteiger partial charge in [-0.15, -0.1) is 0 Å². The number of benzene rings is 2. The Hall–Kier alpha value is -2.37. The molecule has 2 aromatic carbocycles. The first-order valence-electron chi connectivity index (χ1n) is 9.95. The summed E-state index contributed by atoms with van der Waals surface area (Å²) in [6.45, 7) is 0.129. The molecule has 3 rings (SSSR count). The lowest BCUT2D eigenvalue weighted by atomic mass is 9.87. The number of carbonyl (C=O) groups excluding carboxylic acids is 1. The van der Waals surface area contributed by atoms with Crippen molar-refractivity contribution in [3.63, 3.8) is 0 Å². The number of aryl methyl sites for hydroxylation is 2. The monoisotopic (exact) mass is 360 g/mol. The van der Waals surface area contributed by atoms with Crippen molar-refractivity contribution in [3.8, 4) is 11.8 Å². The minimum Gasteiger partial charge on any atom is -0.396 e. The highest BCUT2D eigenvalue weighted by molar-refractivity contribution is 5.99. The zero-order valence-corrected chi connectivity index (χ0v) is 15.9. The van der Waals surface area contributed by atoms with E-state index in [1.54, 1.807) is 0 Å². The van der Waals surface area contributed by atoms with Crippen LogP contribution in [0.3, 0.4) is 0 Å². The molecule has 1 saturated carbocycles. The Morgan fingerprint density at radius 1 is 0.963 bits per heavy atom. The number of aliphatic hydroxyl groups is 1. The van der Waals surface area contributed by atoms with Crippen molar-refractivity contribution < 1.29 is 9.90 Å². The van der Waals surface area contributed by atoms with E-state index in [4.69, 9.17) is 5.11 Å². The van der Waals surface area contributed by atoms with Crippen LogP contribution in [0.4, 0.5) is 0 Å². The first-order valence-corrected chi connectivity index (χ1v) is 9.95. The Labute approximate surface area is 162 Å². The van der Waals surface area contributed by atoms with Gasteiger partial charge in [-0.3, -0.25) is 4.79 Å². The summed E-state index contributed by atoms with van der Waals surface area (Å²) in [5, 5.41) is 8.84. The van der Waals surface area contributed by atoms with E-state index in [2.05, 4.69) is 60.4 Å². The van der Waals surface area contributed by atoms with Gasteiger partial charge in [-0.1, -0.05) is 66.6 Å². The van der Waals surface area contributed by atoms with Gasteiger partial charge in [-0.25, -0.2) is 0 Å². The molecule has 1 N–H and O–H groups in total. The molecule has 0 heterocycles. The third-order valence-corrected chi connectivity index (χ3v) is 5.69. The van der Waals surface area contributed by atoms with Crippen molar-refractivity contribution in [1.29, 1.82) is 0 Å². The van der Waals surface area contributed by atoms with E-state index in [1.165, 1.54) is 11.1 Å². The number of rotatable bonds is 9. The van der Waals surface area contributed by atoms with Gasteiger partial charge < -0.3 is 5.11 Å². The fourth-order valence-corrected chi connectivity index (χ4v) is 3.88. The number of aliphatic hydroxyl groups excluding tert-OH is 1. The Bertz CT molecular complexity index is 740. The molecule has 2 aromatic rings. The predicted octanol–water partition coefficient (Wildman–Crippen LogP) is 4.60. The second kappa shape index (κ2) is 9.53. The summed E-state index contributed by atoms with van der Waals surface area (Å²) in [6.07, 6.45) is 6.29. The second-order valence-electron chi connectivity index (χ2n) is 7.58. The van der Waals surface area contributed by atoms with E-state index < -0.39 is 0 Å². The molecule has 0 aromatic heterocycles. The SMILES string of the molecule is O=C(C#CCCCO)C1CC1(CCc1ccccc1)CCc1ccccc1. The minimum absolute atomic E-state index is 0.0755. The lowest BCUT2D eigenvalue weighted by Gasteiger charge is -2.17. The average Bonchev–Trinajstić information content (AvgIpc) is 3.45. The van der Waals surface area contributed by atoms with Gasteiger partial charge in [0.15, 0.2) is 0 Å². The highest BCUT2D eigenvalue weighted by atomic mass is 16.2. The number of carbonyl (C=O) groups is 1. The molecule has 0 bridgehead atoms. The van der Waals surface area contributed by atoms with E-state index in [0.29, 0.717) is 12.8 Å². The Kier molecular flexibility index (Phi) is 6.85. The maximum atomic E-state index is 12.6. The predicted molar refractivity (Wildman–Crippen MR) is 109 cm³/mol. The normalized spacial score (nSPS) is 17.0. The van der Waals surface area contributed by atoms with Crippen LogP contribution >= 0.6 is 0 Å². The Balaban J connectivity index is 1.64. The molecule has 1 unspecified atom stereocenters. The fourth-order valence-electron chi connectivity index (χ4n) is 3.88. The average molecular weight is 360 g/mol. The van der Waals surface area contributed by atoms with E-state index in [9.17, 15) is 4.79 Å². The van der Waals surface area contributed by atoms with E-state index in [0.717, 1.165) is 32.1 Å². The smallest absolute Gasteiger partial charge is 0.209 e. The summed E-state index contributed by atoms with van der Waals surface area (Å²) in [6, 6.07) is 21.1. The van der Waals surface area contributed by atoms with Gasteiger partial charge in [0, 0.05) is 18.9 Å². The molecule has 140 valence electrons. The first kappa shape index (κ1) is 19.4. The van der Waals surface area contributed by atoms with Crippen LogP contribution in [-0.4, -0.2) is 17.5 Å². The standard InChI is InChI=1S/C25H28O2/c26-19-9-3-8-14-24(27)23-20-25(23,17-15-21-10-4-1-5-11-21)18-16-22-12-6-2-7-13-22/h1-2,4-7,10-13,23,26H,3,9,15-20H2. The van der Waals surface area contributed by atoms with Crippen LogP contribution in [0.2, 0.25) is 0 Å². The summed E-state index contributed by atoms with van der Waals surface area (Å²) in [4.78, 5) is 12.6. The van der Waals surface area contributed by atoms with Crippen molar-refractivity contribution in [2.45, 2.75) is 44.9 Å². The molecule has 2 nitrogen and oxygen atoms in total. The Morgan fingerprint density at radius 3 is 2.04 bits per heavy atom. The molecule has 1 aliphatic carbocycles. The van der Waals surface area contributed by atoms with E-state index >= 15 is 0 Å². The van der Waals surface area contributed by atoms with Crippen molar-refractivity contribution >= 4 is 5.78 Å². The first-order chi connectivity index (χ1) is 13.2. The molecular weight excluding hydrogens is 332 g/mol. The van der Waals surface area contributed by atoms with Crippen LogP contribution in [0, 0.1) is 23.2 Å². The van der Waals surface area contributed by atoms with Crippen molar-refractivity contribution in [3.05, 3.63) is 71.8 Å². The zero-order chi connectivity index (χ0) is 19.0. The molecular formula is C25H28O2. The van der Waals surface area contributed by atoms with Crippen molar-refractivity contribution in [2.24, 2.45) is 11.3 Å². The number of hydrogen-bond acceptors (Lipinski definition) is 2. The minimum atomic E-state index is 0.0755. The van der Waals surface area contributed by atoms with E-state index in [-0.39, 0.29) is 23.7 Å². The van der Waals surface area contributed by atoms with Gasteiger partial charge in [0.1, 0.15) is 0 Å². The van der Waals surface area contributed by atoms with Gasteiger partial charge in [0.05, 0.1) is 0 Å².